The van der Waals surface area contributed by atoms with E-state index in [-0.39, 0.29) is 6.01 Å². The number of rotatable bonds is 3. The Bertz CT molecular complexity index is 535. The minimum atomic E-state index is 0.147. The molecule has 0 fully saturated rings. The van der Waals surface area contributed by atoms with Gasteiger partial charge in [0, 0.05) is 5.56 Å². The van der Waals surface area contributed by atoms with Gasteiger partial charge in [-0.1, -0.05) is 0 Å². The molecule has 0 radical (unpaired) electrons. The van der Waals surface area contributed by atoms with Crippen LogP contribution in [0.15, 0.2) is 22.8 Å². The molecule has 0 spiro atoms. The number of aryl methyl sites for hydroxylation is 1. The molecule has 5 nitrogen and oxygen atoms in total. The fourth-order valence-corrected chi connectivity index (χ4v) is 1.67. The van der Waals surface area contributed by atoms with Crippen molar-refractivity contribution < 1.29 is 13.9 Å². The van der Waals surface area contributed by atoms with E-state index in [1.165, 1.54) is 6.26 Å². The number of anilines is 1. The van der Waals surface area contributed by atoms with Crippen LogP contribution >= 0.6 is 0 Å². The number of oxazole rings is 1. The van der Waals surface area contributed by atoms with Crippen molar-refractivity contribution in [2.45, 2.75) is 6.92 Å². The van der Waals surface area contributed by atoms with Gasteiger partial charge >= 0.3 is 0 Å². The smallest absolute Gasteiger partial charge is 0.292 e. The Kier molecular flexibility index (Phi) is 2.91. The Morgan fingerprint density at radius 1 is 1.18 bits per heavy atom. The first-order chi connectivity index (χ1) is 8.15. The molecule has 0 atom stereocenters. The summed E-state index contributed by atoms with van der Waals surface area (Å²) < 4.78 is 15.5. The number of aromatic nitrogens is 1. The Hall–Kier alpha value is -2.17. The van der Waals surface area contributed by atoms with E-state index < -0.39 is 0 Å². The van der Waals surface area contributed by atoms with Crippen LogP contribution in [0.2, 0.25) is 0 Å². The minimum absolute atomic E-state index is 0.147. The van der Waals surface area contributed by atoms with Crippen LogP contribution in [-0.2, 0) is 0 Å². The molecule has 1 aromatic heterocycles. The van der Waals surface area contributed by atoms with Crippen molar-refractivity contribution in [1.29, 1.82) is 0 Å². The fourth-order valence-electron chi connectivity index (χ4n) is 1.67. The number of methoxy groups -OCH3 is 2. The lowest BCUT2D eigenvalue weighted by Crippen LogP contribution is -1.93. The Balaban J connectivity index is 2.55. The zero-order valence-electron chi connectivity index (χ0n) is 9.98. The lowest BCUT2D eigenvalue weighted by atomic mass is 10.1. The van der Waals surface area contributed by atoms with E-state index in [2.05, 4.69) is 4.98 Å². The molecule has 1 heterocycles. The molecule has 2 N–H and O–H groups in total. The first kappa shape index (κ1) is 11.3. The first-order valence-corrected chi connectivity index (χ1v) is 5.09. The summed E-state index contributed by atoms with van der Waals surface area (Å²) in [4.78, 5) is 4.09. The number of nitrogens with zero attached hydrogens (tertiary/aromatic N) is 1. The van der Waals surface area contributed by atoms with Crippen molar-refractivity contribution in [3.63, 3.8) is 0 Å². The summed E-state index contributed by atoms with van der Waals surface area (Å²) in [5.74, 6) is 1.33. The van der Waals surface area contributed by atoms with E-state index in [1.807, 2.05) is 19.1 Å². The highest BCUT2D eigenvalue weighted by Gasteiger charge is 2.12. The summed E-state index contributed by atoms with van der Waals surface area (Å²) in [6.45, 7) is 1.96. The molecule has 0 bridgehead atoms. The van der Waals surface area contributed by atoms with Crippen LogP contribution in [0.5, 0.6) is 11.5 Å². The molecule has 90 valence electrons. The number of nitrogen functional groups attached to an aromatic ring is 1. The second kappa shape index (κ2) is 4.37. The maximum absolute atomic E-state index is 5.46. The van der Waals surface area contributed by atoms with E-state index in [0.717, 1.165) is 11.1 Å². The molecule has 17 heavy (non-hydrogen) atoms. The third-order valence-electron chi connectivity index (χ3n) is 2.53. The first-order valence-electron chi connectivity index (χ1n) is 5.09. The van der Waals surface area contributed by atoms with E-state index in [9.17, 15) is 0 Å². The molecule has 0 aliphatic heterocycles. The summed E-state index contributed by atoms with van der Waals surface area (Å²) >= 11 is 0. The number of benzene rings is 1. The van der Waals surface area contributed by atoms with Gasteiger partial charge in [-0.25, -0.2) is 0 Å². The molecule has 5 heteroatoms. The summed E-state index contributed by atoms with van der Waals surface area (Å²) in [5, 5.41) is 0. The second-order valence-electron chi connectivity index (χ2n) is 3.59. The van der Waals surface area contributed by atoms with E-state index >= 15 is 0 Å². The van der Waals surface area contributed by atoms with Gasteiger partial charge in [0.15, 0.2) is 11.5 Å². The van der Waals surface area contributed by atoms with Gasteiger partial charge in [0.05, 0.1) is 14.2 Å². The second-order valence-corrected chi connectivity index (χ2v) is 3.59. The molecular formula is C12H14N2O3. The molecule has 1 aromatic carbocycles. The molecule has 0 aliphatic rings. The van der Waals surface area contributed by atoms with Gasteiger partial charge in [-0.3, -0.25) is 0 Å². The van der Waals surface area contributed by atoms with Gasteiger partial charge in [-0.05, 0) is 24.6 Å². The summed E-state index contributed by atoms with van der Waals surface area (Å²) in [6.07, 6.45) is 1.52. The van der Waals surface area contributed by atoms with Crippen molar-refractivity contribution in [3.05, 3.63) is 24.0 Å². The molecule has 0 unspecified atom stereocenters. The lowest BCUT2D eigenvalue weighted by molar-refractivity contribution is 0.355. The zero-order valence-corrected chi connectivity index (χ0v) is 9.98. The zero-order chi connectivity index (χ0) is 12.4. The predicted octanol–water partition coefficient (Wildman–Crippen LogP) is 2.25. The van der Waals surface area contributed by atoms with Gasteiger partial charge in [-0.2, -0.15) is 4.98 Å². The van der Waals surface area contributed by atoms with Crippen LogP contribution in [0.1, 0.15) is 5.56 Å². The van der Waals surface area contributed by atoms with Gasteiger partial charge < -0.3 is 19.6 Å². The Morgan fingerprint density at radius 2 is 1.82 bits per heavy atom. The SMILES string of the molecule is COc1cc(C)c(-c2coc(N)n2)cc1OC. The van der Waals surface area contributed by atoms with Gasteiger partial charge in [-0.15, -0.1) is 0 Å². The van der Waals surface area contributed by atoms with Gasteiger partial charge in [0.2, 0.25) is 0 Å². The monoisotopic (exact) mass is 234 g/mol. The van der Waals surface area contributed by atoms with E-state index in [4.69, 9.17) is 19.6 Å². The van der Waals surface area contributed by atoms with Crippen molar-refractivity contribution in [3.8, 4) is 22.8 Å². The fraction of sp³-hybridized carbons (Fsp3) is 0.250. The molecule has 0 saturated carbocycles. The largest absolute Gasteiger partial charge is 0.493 e. The van der Waals surface area contributed by atoms with Crippen LogP contribution in [0.25, 0.3) is 11.3 Å². The Labute approximate surface area is 99.2 Å². The Morgan fingerprint density at radius 3 is 2.35 bits per heavy atom. The number of ether oxygens (including phenoxy) is 2. The minimum Gasteiger partial charge on any atom is -0.493 e. The molecule has 0 saturated heterocycles. The van der Waals surface area contributed by atoms with Crippen molar-refractivity contribution in [2.75, 3.05) is 20.0 Å². The third kappa shape index (κ3) is 2.04. The predicted molar refractivity (Wildman–Crippen MR) is 64.2 cm³/mol. The van der Waals surface area contributed by atoms with Crippen LogP contribution in [0.3, 0.4) is 0 Å². The van der Waals surface area contributed by atoms with Gasteiger partial charge in [0.1, 0.15) is 12.0 Å². The highest BCUT2D eigenvalue weighted by Crippen LogP contribution is 2.35. The van der Waals surface area contributed by atoms with Crippen LogP contribution in [0, 0.1) is 6.92 Å². The van der Waals surface area contributed by atoms with Gasteiger partial charge in [0.25, 0.3) is 6.01 Å². The third-order valence-corrected chi connectivity index (χ3v) is 2.53. The average molecular weight is 234 g/mol. The molecule has 0 aliphatic carbocycles. The van der Waals surface area contributed by atoms with Crippen LogP contribution in [0.4, 0.5) is 6.01 Å². The summed E-state index contributed by atoms with van der Waals surface area (Å²) in [5.41, 5.74) is 8.06. The standard InChI is InChI=1S/C12H14N2O3/c1-7-4-10(15-2)11(16-3)5-8(7)9-6-17-12(13)14-9/h4-6H,1-3H3,(H2,13,14). The van der Waals surface area contributed by atoms with E-state index in [0.29, 0.717) is 17.2 Å². The number of hydrogen-bond donors (Lipinski definition) is 1. The van der Waals surface area contributed by atoms with Crippen molar-refractivity contribution in [1.82, 2.24) is 4.98 Å². The highest BCUT2D eigenvalue weighted by molar-refractivity contribution is 5.68. The number of hydrogen-bond acceptors (Lipinski definition) is 5. The van der Waals surface area contributed by atoms with Crippen molar-refractivity contribution in [2.24, 2.45) is 0 Å². The van der Waals surface area contributed by atoms with Crippen molar-refractivity contribution >= 4 is 6.01 Å². The average Bonchev–Trinajstić information content (AvgIpc) is 2.75. The molecular weight excluding hydrogens is 220 g/mol. The van der Waals surface area contributed by atoms with Crippen LogP contribution < -0.4 is 15.2 Å². The quantitative estimate of drug-likeness (QED) is 0.881. The highest BCUT2D eigenvalue weighted by atomic mass is 16.5. The number of nitrogens with two attached hydrogens (primary N) is 1. The summed E-state index contributed by atoms with van der Waals surface area (Å²) in [7, 11) is 3.19. The normalized spacial score (nSPS) is 10.3. The molecule has 0 amide bonds. The van der Waals surface area contributed by atoms with Crippen LogP contribution in [-0.4, -0.2) is 19.2 Å². The molecule has 2 rings (SSSR count). The lowest BCUT2D eigenvalue weighted by Gasteiger charge is -2.11. The molecule has 2 aromatic rings. The maximum atomic E-state index is 5.46. The maximum Gasteiger partial charge on any atom is 0.292 e. The summed E-state index contributed by atoms with van der Waals surface area (Å²) in [6, 6.07) is 3.89. The van der Waals surface area contributed by atoms with E-state index in [1.54, 1.807) is 14.2 Å². The topological polar surface area (TPSA) is 70.5 Å².